The Morgan fingerprint density at radius 1 is 1.28 bits per heavy atom. The van der Waals surface area contributed by atoms with Crippen LogP contribution in [0.25, 0.3) is 21.9 Å². The number of aliphatic hydroxyl groups is 1. The summed E-state index contributed by atoms with van der Waals surface area (Å²) in [5, 5.41) is 11.4. The van der Waals surface area contributed by atoms with E-state index in [1.807, 2.05) is 18.2 Å². The molecule has 6 nitrogen and oxygen atoms in total. The summed E-state index contributed by atoms with van der Waals surface area (Å²) >= 11 is 0. The summed E-state index contributed by atoms with van der Waals surface area (Å²) in [6.45, 7) is 6.21. The molecule has 134 valence electrons. The van der Waals surface area contributed by atoms with Crippen LogP contribution in [0.15, 0.2) is 18.2 Å². The van der Waals surface area contributed by atoms with Crippen molar-refractivity contribution < 1.29 is 9.84 Å². The fourth-order valence-electron chi connectivity index (χ4n) is 3.15. The summed E-state index contributed by atoms with van der Waals surface area (Å²) in [6, 6.07) is 5.76. The first kappa shape index (κ1) is 17.5. The lowest BCUT2D eigenvalue weighted by atomic mass is 10.1. The van der Waals surface area contributed by atoms with E-state index in [2.05, 4.69) is 16.5 Å². The van der Waals surface area contributed by atoms with E-state index >= 15 is 0 Å². The first-order valence-corrected chi connectivity index (χ1v) is 8.68. The van der Waals surface area contributed by atoms with Gasteiger partial charge in [-0.2, -0.15) is 0 Å². The number of nitrogen functional groups attached to an aromatic ring is 1. The van der Waals surface area contributed by atoms with Crippen molar-refractivity contribution in [1.29, 1.82) is 0 Å². The maximum absolute atomic E-state index is 10.4. The van der Waals surface area contributed by atoms with Crippen LogP contribution in [0.3, 0.4) is 0 Å². The van der Waals surface area contributed by atoms with Crippen molar-refractivity contribution in [2.24, 2.45) is 0 Å². The summed E-state index contributed by atoms with van der Waals surface area (Å²) in [7, 11) is 1.63. The number of rotatable bonds is 6. The van der Waals surface area contributed by atoms with Gasteiger partial charge >= 0.3 is 0 Å². The number of nitrogens with zero attached hydrogens (tertiary/aromatic N) is 3. The van der Waals surface area contributed by atoms with E-state index in [4.69, 9.17) is 15.5 Å². The number of hydrogen-bond donors (Lipinski definition) is 2. The predicted molar refractivity (Wildman–Crippen MR) is 101 cm³/mol. The fourth-order valence-corrected chi connectivity index (χ4v) is 3.15. The van der Waals surface area contributed by atoms with Gasteiger partial charge < -0.3 is 20.1 Å². The number of methoxy groups -OCH3 is 1. The molecule has 0 aliphatic heterocycles. The second kappa shape index (κ2) is 6.52. The number of aromatic nitrogens is 3. The van der Waals surface area contributed by atoms with Gasteiger partial charge in [-0.15, -0.1) is 0 Å². The molecule has 0 saturated carbocycles. The zero-order valence-electron chi connectivity index (χ0n) is 15.3. The van der Waals surface area contributed by atoms with Crippen LogP contribution in [0.4, 0.5) is 5.82 Å². The number of pyridine rings is 1. The van der Waals surface area contributed by atoms with E-state index < -0.39 is 5.60 Å². The molecule has 0 saturated heterocycles. The molecule has 2 aromatic heterocycles. The average Bonchev–Trinajstić information content (AvgIpc) is 2.90. The van der Waals surface area contributed by atoms with Gasteiger partial charge in [-0.25, -0.2) is 9.97 Å². The normalized spacial score (nSPS) is 12.2. The fraction of sp³-hybridized carbons (Fsp3) is 0.474. The Bertz CT molecular complexity index is 909. The van der Waals surface area contributed by atoms with Gasteiger partial charge in [-0.05, 0) is 32.4 Å². The van der Waals surface area contributed by atoms with Crippen LogP contribution in [0, 0.1) is 0 Å². The van der Waals surface area contributed by atoms with Gasteiger partial charge in [0.2, 0.25) is 0 Å². The van der Waals surface area contributed by atoms with Crippen molar-refractivity contribution in [3.63, 3.8) is 0 Å². The summed E-state index contributed by atoms with van der Waals surface area (Å²) < 4.78 is 7.40. The van der Waals surface area contributed by atoms with Gasteiger partial charge in [0.1, 0.15) is 17.1 Å². The molecule has 3 rings (SSSR count). The Morgan fingerprint density at radius 2 is 2.04 bits per heavy atom. The van der Waals surface area contributed by atoms with Crippen molar-refractivity contribution in [3.8, 4) is 5.75 Å². The molecule has 0 amide bonds. The van der Waals surface area contributed by atoms with Crippen molar-refractivity contribution >= 4 is 27.8 Å². The molecule has 0 aliphatic carbocycles. The lowest BCUT2D eigenvalue weighted by molar-refractivity contribution is 0.0618. The maximum Gasteiger partial charge on any atom is 0.152 e. The highest BCUT2D eigenvalue weighted by atomic mass is 16.5. The standard InChI is InChI=1S/C19H26N4O2/c1-5-6-7-15-22-16-17(23(15)11-19(2,3)24)13-9-8-12(25-4)10-14(13)21-18(16)20/h8-10,24H,5-7,11H2,1-4H3,(H2,20,21). The molecule has 3 aromatic rings. The zero-order valence-corrected chi connectivity index (χ0v) is 15.3. The van der Waals surface area contributed by atoms with Crippen LogP contribution in [-0.4, -0.2) is 32.4 Å². The second-order valence-electron chi connectivity index (χ2n) is 7.11. The molecule has 1 aromatic carbocycles. The molecule has 6 heteroatoms. The summed E-state index contributed by atoms with van der Waals surface area (Å²) in [6.07, 6.45) is 2.96. The Labute approximate surface area is 147 Å². The number of benzene rings is 1. The number of fused-ring (bicyclic) bond motifs is 3. The Balaban J connectivity index is 2.32. The third-order valence-electron chi connectivity index (χ3n) is 4.29. The number of unbranched alkanes of at least 4 members (excludes halogenated alkanes) is 1. The van der Waals surface area contributed by atoms with Crippen LogP contribution in [0.5, 0.6) is 5.75 Å². The molecule has 3 N–H and O–H groups in total. The van der Waals surface area contributed by atoms with E-state index in [1.165, 1.54) is 0 Å². The minimum absolute atomic E-state index is 0.406. The largest absolute Gasteiger partial charge is 0.497 e. The topological polar surface area (TPSA) is 86.2 Å². The molecule has 0 fully saturated rings. The van der Waals surface area contributed by atoms with Crippen LogP contribution in [-0.2, 0) is 13.0 Å². The Morgan fingerprint density at radius 3 is 2.68 bits per heavy atom. The van der Waals surface area contributed by atoms with E-state index in [0.29, 0.717) is 17.9 Å². The van der Waals surface area contributed by atoms with Gasteiger partial charge in [-0.3, -0.25) is 0 Å². The van der Waals surface area contributed by atoms with Gasteiger partial charge in [0.05, 0.1) is 30.3 Å². The number of anilines is 1. The monoisotopic (exact) mass is 342 g/mol. The number of aryl methyl sites for hydroxylation is 1. The van der Waals surface area contributed by atoms with Gasteiger partial charge in [0.15, 0.2) is 5.82 Å². The molecule has 0 bridgehead atoms. The lowest BCUT2D eigenvalue weighted by Gasteiger charge is -2.20. The first-order valence-electron chi connectivity index (χ1n) is 8.68. The van der Waals surface area contributed by atoms with Crippen molar-refractivity contribution in [2.75, 3.05) is 12.8 Å². The average molecular weight is 342 g/mol. The third kappa shape index (κ3) is 3.39. The molecule has 0 spiro atoms. The number of nitrogens with two attached hydrogens (primary N) is 1. The smallest absolute Gasteiger partial charge is 0.152 e. The Hall–Kier alpha value is -2.34. The molecular formula is C19H26N4O2. The highest BCUT2D eigenvalue weighted by molar-refractivity contribution is 6.06. The minimum atomic E-state index is -0.856. The number of imidazole rings is 1. The van der Waals surface area contributed by atoms with E-state index in [9.17, 15) is 5.11 Å². The number of ether oxygens (including phenoxy) is 1. The Kier molecular flexibility index (Phi) is 4.56. The zero-order chi connectivity index (χ0) is 18.2. The second-order valence-corrected chi connectivity index (χ2v) is 7.11. The highest BCUT2D eigenvalue weighted by Crippen LogP contribution is 2.32. The maximum atomic E-state index is 10.4. The van der Waals surface area contributed by atoms with Crippen LogP contribution >= 0.6 is 0 Å². The molecule has 0 radical (unpaired) electrons. The predicted octanol–water partition coefficient (Wildman–Crippen LogP) is 3.29. The molecular weight excluding hydrogens is 316 g/mol. The summed E-state index contributed by atoms with van der Waals surface area (Å²) in [5.41, 5.74) is 7.74. The molecule has 0 atom stereocenters. The van der Waals surface area contributed by atoms with Gasteiger partial charge in [0, 0.05) is 17.9 Å². The van der Waals surface area contributed by atoms with Gasteiger partial charge in [-0.1, -0.05) is 13.3 Å². The third-order valence-corrected chi connectivity index (χ3v) is 4.29. The highest BCUT2D eigenvalue weighted by Gasteiger charge is 2.22. The summed E-state index contributed by atoms with van der Waals surface area (Å²) in [5.74, 6) is 2.08. The van der Waals surface area contributed by atoms with E-state index in [1.54, 1.807) is 21.0 Å². The van der Waals surface area contributed by atoms with Gasteiger partial charge in [0.25, 0.3) is 0 Å². The van der Waals surface area contributed by atoms with Crippen molar-refractivity contribution in [3.05, 3.63) is 24.0 Å². The first-order chi connectivity index (χ1) is 11.8. The summed E-state index contributed by atoms with van der Waals surface area (Å²) in [4.78, 5) is 9.26. The van der Waals surface area contributed by atoms with E-state index in [-0.39, 0.29) is 0 Å². The molecule has 0 unspecified atom stereocenters. The van der Waals surface area contributed by atoms with E-state index in [0.717, 1.165) is 47.3 Å². The van der Waals surface area contributed by atoms with Crippen LogP contribution < -0.4 is 10.5 Å². The van der Waals surface area contributed by atoms with Crippen molar-refractivity contribution in [1.82, 2.24) is 14.5 Å². The van der Waals surface area contributed by atoms with Crippen LogP contribution in [0.2, 0.25) is 0 Å². The van der Waals surface area contributed by atoms with Crippen LogP contribution in [0.1, 0.15) is 39.4 Å². The quantitative estimate of drug-likeness (QED) is 0.718. The van der Waals surface area contributed by atoms with Crippen molar-refractivity contribution in [2.45, 2.75) is 52.2 Å². The number of hydrogen-bond acceptors (Lipinski definition) is 5. The molecule has 2 heterocycles. The minimum Gasteiger partial charge on any atom is -0.497 e. The lowest BCUT2D eigenvalue weighted by Crippen LogP contribution is -2.27. The SMILES string of the molecule is CCCCc1nc2c(N)nc3cc(OC)ccc3c2n1CC(C)(C)O. The molecule has 25 heavy (non-hydrogen) atoms. The molecule has 0 aliphatic rings.